The van der Waals surface area contributed by atoms with Crippen LogP contribution in [0.1, 0.15) is 0 Å². The van der Waals surface area contributed by atoms with Crippen LogP contribution in [-0.4, -0.2) is 32.0 Å². The van der Waals surface area contributed by atoms with Crippen LogP contribution in [0.5, 0.6) is 11.5 Å². The minimum atomic E-state index is -1.21. The molecule has 13 heteroatoms. The molecule has 0 bridgehead atoms. The second-order valence-corrected chi connectivity index (χ2v) is 5.40. The highest BCUT2D eigenvalue weighted by Crippen LogP contribution is 2.38. The van der Waals surface area contributed by atoms with Crippen LogP contribution >= 0.6 is 0 Å². The quantitative estimate of drug-likeness (QED) is 0.371. The summed E-state index contributed by atoms with van der Waals surface area (Å²) in [6, 6.07) is 8.42. The van der Waals surface area contributed by atoms with Crippen LogP contribution in [-0.2, 0) is 0 Å². The van der Waals surface area contributed by atoms with Gasteiger partial charge in [-0.05, 0) is 12.1 Å². The van der Waals surface area contributed by atoms with Crippen LogP contribution in [0.25, 0.3) is 10.9 Å². The normalized spacial score (nSPS) is 9.97. The Morgan fingerprint density at radius 3 is 2.07 bits per heavy atom. The van der Waals surface area contributed by atoms with Crippen molar-refractivity contribution in [2.75, 3.05) is 12.8 Å². The molecule has 1 heterocycles. The van der Waals surface area contributed by atoms with E-state index in [1.54, 1.807) is 19.4 Å². The van der Waals surface area contributed by atoms with Gasteiger partial charge in [0.15, 0.2) is 0 Å². The van der Waals surface area contributed by atoms with Gasteiger partial charge in [-0.25, -0.2) is 0 Å². The van der Waals surface area contributed by atoms with E-state index in [1.807, 2.05) is 18.2 Å². The molecule has 1 aromatic heterocycles. The molecule has 0 atom stereocenters. The minimum absolute atomic E-state index is 0.447. The number of ether oxygens (including phenoxy) is 1. The third-order valence-electron chi connectivity index (χ3n) is 3.60. The van der Waals surface area contributed by atoms with E-state index in [9.17, 15) is 30.3 Å². The lowest BCUT2D eigenvalue weighted by Gasteiger charge is -2.04. The molecule has 3 rings (SSSR count). The summed E-state index contributed by atoms with van der Waals surface area (Å²) in [7, 11) is 1.62. The number of hydrogen-bond acceptors (Lipinski definition) is 10. The Balaban J connectivity index is 0.000000211. The first-order chi connectivity index (χ1) is 13.6. The standard InChI is InChI=1S/C10H10N2O.C6H3N3O7/c1-13-8-5-7-3-2-4-12-10(7)9(11)6-8;10-6-4(8(13)14)1-3(7(11)12)2-5(6)9(15)16/h2-6H,11H2,1H3;1-2,10H. The Kier molecular flexibility index (Phi) is 6.03. The van der Waals surface area contributed by atoms with Crippen molar-refractivity contribution >= 4 is 33.7 Å². The Morgan fingerprint density at radius 2 is 1.59 bits per heavy atom. The van der Waals surface area contributed by atoms with Gasteiger partial charge in [-0.2, -0.15) is 0 Å². The maximum Gasteiger partial charge on any atom is 0.324 e. The summed E-state index contributed by atoms with van der Waals surface area (Å²) in [6.07, 6.45) is 1.73. The fourth-order valence-electron chi connectivity index (χ4n) is 2.28. The monoisotopic (exact) mass is 403 g/mol. The molecule has 3 aromatic rings. The zero-order chi connectivity index (χ0) is 21.7. The summed E-state index contributed by atoms with van der Waals surface area (Å²) < 4.78 is 5.10. The summed E-state index contributed by atoms with van der Waals surface area (Å²) in [5, 5.41) is 41.2. The van der Waals surface area contributed by atoms with Crippen LogP contribution in [0.2, 0.25) is 0 Å². The number of aromatic nitrogens is 1. The molecule has 0 spiro atoms. The molecule has 29 heavy (non-hydrogen) atoms. The average Bonchev–Trinajstić information content (AvgIpc) is 2.67. The molecule has 0 radical (unpaired) electrons. The molecular formula is C16H13N5O8. The number of hydrogen-bond donors (Lipinski definition) is 2. The molecule has 0 aliphatic carbocycles. The molecule has 0 aliphatic rings. The molecule has 3 N–H and O–H groups in total. The van der Waals surface area contributed by atoms with Crippen LogP contribution in [0, 0.1) is 30.3 Å². The predicted molar refractivity (Wildman–Crippen MR) is 101 cm³/mol. The van der Waals surface area contributed by atoms with Crippen molar-refractivity contribution in [3.8, 4) is 11.5 Å². The van der Waals surface area contributed by atoms with Gasteiger partial charge < -0.3 is 15.6 Å². The number of nitro benzene ring substituents is 3. The zero-order valence-electron chi connectivity index (χ0n) is 14.7. The number of nitrogen functional groups attached to an aromatic ring is 1. The van der Waals surface area contributed by atoms with Gasteiger partial charge in [0, 0.05) is 17.6 Å². The number of phenols is 1. The van der Waals surface area contributed by atoms with E-state index in [0.717, 1.165) is 16.7 Å². The highest BCUT2D eigenvalue weighted by molar-refractivity contribution is 5.90. The molecule has 13 nitrogen and oxygen atoms in total. The molecule has 0 fully saturated rings. The lowest BCUT2D eigenvalue weighted by atomic mass is 10.2. The van der Waals surface area contributed by atoms with Gasteiger partial charge in [0.25, 0.3) is 11.4 Å². The maximum atomic E-state index is 10.4. The molecule has 0 saturated carbocycles. The van der Waals surface area contributed by atoms with E-state index in [2.05, 4.69) is 4.98 Å². The van der Waals surface area contributed by atoms with Crippen LogP contribution in [0.15, 0.2) is 42.6 Å². The predicted octanol–water partition coefficient (Wildman–Crippen LogP) is 2.94. The molecule has 0 amide bonds. The lowest BCUT2D eigenvalue weighted by Crippen LogP contribution is -1.97. The number of pyridine rings is 1. The number of rotatable bonds is 4. The molecule has 0 saturated heterocycles. The van der Waals surface area contributed by atoms with Gasteiger partial charge in [0.2, 0.25) is 0 Å². The Morgan fingerprint density at radius 1 is 1.00 bits per heavy atom. The van der Waals surface area contributed by atoms with Crippen molar-refractivity contribution in [1.82, 2.24) is 4.98 Å². The Bertz CT molecular complexity index is 1080. The number of non-ortho nitro benzene ring substituents is 1. The number of nitro groups is 3. The zero-order valence-corrected chi connectivity index (χ0v) is 14.7. The van der Waals surface area contributed by atoms with Crippen molar-refractivity contribution < 1.29 is 24.6 Å². The summed E-state index contributed by atoms with van der Waals surface area (Å²) in [5.41, 5.74) is 4.26. The first kappa shape index (κ1) is 20.8. The summed E-state index contributed by atoms with van der Waals surface area (Å²) >= 11 is 0. The van der Waals surface area contributed by atoms with E-state index in [4.69, 9.17) is 15.6 Å². The summed E-state index contributed by atoms with van der Waals surface area (Å²) in [5.74, 6) is -0.446. The van der Waals surface area contributed by atoms with Crippen LogP contribution < -0.4 is 10.5 Å². The van der Waals surface area contributed by atoms with E-state index < -0.39 is 37.6 Å². The van der Waals surface area contributed by atoms with E-state index in [0.29, 0.717) is 17.8 Å². The number of nitrogens with zero attached hydrogens (tertiary/aromatic N) is 4. The topological polar surface area (TPSA) is 198 Å². The lowest BCUT2D eigenvalue weighted by molar-refractivity contribution is -0.404. The van der Waals surface area contributed by atoms with Crippen LogP contribution in [0.3, 0.4) is 0 Å². The summed E-state index contributed by atoms with van der Waals surface area (Å²) in [4.78, 5) is 31.9. The van der Waals surface area contributed by atoms with Crippen molar-refractivity contribution in [1.29, 1.82) is 0 Å². The Hall–Kier alpha value is -4.55. The summed E-state index contributed by atoms with van der Waals surface area (Å²) in [6.45, 7) is 0. The van der Waals surface area contributed by atoms with Crippen molar-refractivity contribution in [2.24, 2.45) is 0 Å². The molecule has 150 valence electrons. The number of anilines is 1. The number of nitrogens with two attached hydrogens (primary N) is 1. The fraction of sp³-hybridized carbons (Fsp3) is 0.0625. The Labute approximate surface area is 161 Å². The third kappa shape index (κ3) is 4.60. The van der Waals surface area contributed by atoms with Gasteiger partial charge in [-0.1, -0.05) is 6.07 Å². The molecule has 0 aliphatic heterocycles. The second-order valence-electron chi connectivity index (χ2n) is 5.40. The van der Waals surface area contributed by atoms with Crippen molar-refractivity contribution in [3.05, 3.63) is 72.9 Å². The largest absolute Gasteiger partial charge is 0.497 e. The van der Waals surface area contributed by atoms with Gasteiger partial charge in [0.1, 0.15) is 5.75 Å². The van der Waals surface area contributed by atoms with E-state index in [1.165, 1.54) is 0 Å². The molecule has 0 unspecified atom stereocenters. The number of methoxy groups -OCH3 is 1. The van der Waals surface area contributed by atoms with E-state index in [-0.39, 0.29) is 0 Å². The maximum absolute atomic E-state index is 10.4. The van der Waals surface area contributed by atoms with Gasteiger partial charge in [0.05, 0.1) is 45.2 Å². The van der Waals surface area contributed by atoms with Crippen molar-refractivity contribution in [2.45, 2.75) is 0 Å². The smallest absolute Gasteiger partial charge is 0.324 e. The number of benzene rings is 2. The SMILES string of the molecule is COc1cc(N)c2ncccc2c1.O=[N+]([O-])c1cc([N+](=O)[O-])c(O)c([N+](=O)[O-])c1. The van der Waals surface area contributed by atoms with Gasteiger partial charge in [-0.3, -0.25) is 35.3 Å². The number of aromatic hydroxyl groups is 1. The van der Waals surface area contributed by atoms with Crippen LogP contribution in [0.4, 0.5) is 22.7 Å². The highest BCUT2D eigenvalue weighted by atomic mass is 16.6. The second kappa shape index (κ2) is 8.43. The van der Waals surface area contributed by atoms with Gasteiger partial charge in [-0.15, -0.1) is 0 Å². The minimum Gasteiger partial charge on any atom is -0.497 e. The van der Waals surface area contributed by atoms with Crippen molar-refractivity contribution in [3.63, 3.8) is 0 Å². The first-order valence-electron chi connectivity index (χ1n) is 7.64. The first-order valence-corrected chi connectivity index (χ1v) is 7.64. The van der Waals surface area contributed by atoms with Gasteiger partial charge >= 0.3 is 11.4 Å². The van der Waals surface area contributed by atoms with E-state index >= 15 is 0 Å². The number of fused-ring (bicyclic) bond motifs is 1. The highest BCUT2D eigenvalue weighted by Gasteiger charge is 2.30. The molecular weight excluding hydrogens is 390 g/mol. The molecule has 2 aromatic carbocycles. The number of phenolic OH excluding ortho intramolecular Hbond substituents is 1. The third-order valence-corrected chi connectivity index (χ3v) is 3.60. The average molecular weight is 403 g/mol. The fourth-order valence-corrected chi connectivity index (χ4v) is 2.28.